The molecule has 116 valence electrons. The van der Waals surface area contributed by atoms with Crippen LogP contribution in [-0.2, 0) is 11.3 Å². The second-order valence-corrected chi connectivity index (χ2v) is 6.92. The Morgan fingerprint density at radius 1 is 1.13 bits per heavy atom. The molecule has 0 aromatic heterocycles. The molecule has 0 bridgehead atoms. The molecule has 23 heavy (non-hydrogen) atoms. The number of hydrogen-bond acceptors (Lipinski definition) is 4. The first kappa shape index (κ1) is 15.9. The van der Waals surface area contributed by atoms with Gasteiger partial charge in [0, 0.05) is 6.54 Å². The number of carbonyl (C=O) groups is 1. The van der Waals surface area contributed by atoms with E-state index in [4.69, 9.17) is 12.2 Å². The molecule has 5 heteroatoms. The molecule has 0 spiro atoms. The Morgan fingerprint density at radius 3 is 2.52 bits per heavy atom. The molecule has 0 saturated carbocycles. The lowest BCUT2D eigenvalue weighted by atomic mass is 10.1. The summed E-state index contributed by atoms with van der Waals surface area (Å²) in [5.74, 6) is -0.100. The number of hydrogen-bond donors (Lipinski definition) is 1. The minimum atomic E-state index is -0.100. The summed E-state index contributed by atoms with van der Waals surface area (Å²) >= 11 is 6.63. The first-order valence-corrected chi connectivity index (χ1v) is 8.48. The third-order valence-electron chi connectivity index (χ3n) is 3.45. The molecule has 0 radical (unpaired) electrons. The van der Waals surface area contributed by atoms with Crippen LogP contribution in [0.5, 0.6) is 0 Å². The van der Waals surface area contributed by atoms with Crippen molar-refractivity contribution in [1.29, 1.82) is 0 Å². The van der Waals surface area contributed by atoms with Crippen molar-refractivity contribution in [3.63, 3.8) is 0 Å². The summed E-state index contributed by atoms with van der Waals surface area (Å²) in [6.07, 6.45) is 1.88. The summed E-state index contributed by atoms with van der Waals surface area (Å²) in [5.41, 5.74) is 6.40. The van der Waals surface area contributed by atoms with Gasteiger partial charge in [0.05, 0.1) is 4.91 Å². The van der Waals surface area contributed by atoms with Crippen LogP contribution in [0.1, 0.15) is 16.7 Å². The van der Waals surface area contributed by atoms with Crippen LogP contribution in [-0.4, -0.2) is 15.2 Å². The molecule has 1 N–H and O–H groups in total. The summed E-state index contributed by atoms with van der Waals surface area (Å²) in [6.45, 7) is 2.60. The maximum absolute atomic E-state index is 12.5. The van der Waals surface area contributed by atoms with Gasteiger partial charge in [-0.05, 0) is 24.1 Å². The molecule has 3 rings (SSSR count). The fourth-order valence-corrected chi connectivity index (χ4v) is 3.40. The van der Waals surface area contributed by atoms with Crippen molar-refractivity contribution in [2.45, 2.75) is 13.5 Å². The van der Waals surface area contributed by atoms with Gasteiger partial charge in [0.25, 0.3) is 5.91 Å². The molecular weight excluding hydrogens is 324 g/mol. The van der Waals surface area contributed by atoms with Gasteiger partial charge in [-0.3, -0.25) is 4.79 Å². The van der Waals surface area contributed by atoms with Gasteiger partial charge in [0.2, 0.25) is 0 Å². The SMILES string of the molecule is Cc1ccc(/C=C2/SC(=S)N(NCc3ccccc3)C2=O)cc1. The van der Waals surface area contributed by atoms with E-state index in [9.17, 15) is 4.79 Å². The summed E-state index contributed by atoms with van der Waals surface area (Å²) in [5, 5.41) is 1.45. The highest BCUT2D eigenvalue weighted by molar-refractivity contribution is 8.26. The zero-order valence-corrected chi connectivity index (χ0v) is 14.3. The average molecular weight is 340 g/mol. The van der Waals surface area contributed by atoms with Crippen LogP contribution in [0.25, 0.3) is 6.08 Å². The van der Waals surface area contributed by atoms with E-state index in [0.717, 1.165) is 11.1 Å². The third kappa shape index (κ3) is 3.88. The molecule has 1 amide bonds. The number of hydrazine groups is 1. The summed E-state index contributed by atoms with van der Waals surface area (Å²) < 4.78 is 0.532. The molecule has 0 aliphatic carbocycles. The van der Waals surface area contributed by atoms with E-state index in [2.05, 4.69) is 5.43 Å². The summed E-state index contributed by atoms with van der Waals surface area (Å²) in [6, 6.07) is 18.0. The van der Waals surface area contributed by atoms with E-state index in [1.807, 2.05) is 67.6 Å². The number of thioether (sulfide) groups is 1. The van der Waals surface area contributed by atoms with Crippen molar-refractivity contribution >= 4 is 40.3 Å². The van der Waals surface area contributed by atoms with Gasteiger partial charge in [0.1, 0.15) is 0 Å². The van der Waals surface area contributed by atoms with Crippen LogP contribution in [0.4, 0.5) is 0 Å². The van der Waals surface area contributed by atoms with Gasteiger partial charge in [-0.15, -0.1) is 0 Å². The second kappa shape index (κ2) is 7.08. The van der Waals surface area contributed by atoms with Crippen molar-refractivity contribution in [1.82, 2.24) is 10.4 Å². The van der Waals surface area contributed by atoms with Crippen LogP contribution in [0.2, 0.25) is 0 Å². The molecule has 1 aliphatic heterocycles. The van der Waals surface area contributed by atoms with Gasteiger partial charge in [0.15, 0.2) is 4.32 Å². The lowest BCUT2D eigenvalue weighted by Crippen LogP contribution is -2.40. The topological polar surface area (TPSA) is 32.3 Å². The molecule has 2 aromatic rings. The van der Waals surface area contributed by atoms with E-state index in [1.54, 1.807) is 0 Å². The number of amides is 1. The van der Waals surface area contributed by atoms with Crippen molar-refractivity contribution < 1.29 is 4.79 Å². The molecular formula is C18H16N2OS2. The van der Waals surface area contributed by atoms with E-state index < -0.39 is 0 Å². The quantitative estimate of drug-likeness (QED) is 0.676. The predicted molar refractivity (Wildman–Crippen MR) is 99.5 cm³/mol. The monoisotopic (exact) mass is 340 g/mol. The third-order valence-corrected chi connectivity index (χ3v) is 4.76. The molecule has 3 nitrogen and oxygen atoms in total. The molecule has 0 unspecified atom stereocenters. The number of thiocarbonyl (C=S) groups is 1. The Morgan fingerprint density at radius 2 is 1.83 bits per heavy atom. The lowest BCUT2D eigenvalue weighted by molar-refractivity contribution is -0.124. The van der Waals surface area contributed by atoms with Crippen molar-refractivity contribution in [2.24, 2.45) is 0 Å². The first-order valence-electron chi connectivity index (χ1n) is 7.25. The lowest BCUT2D eigenvalue weighted by Gasteiger charge is -2.15. The highest BCUT2D eigenvalue weighted by Gasteiger charge is 2.31. The van der Waals surface area contributed by atoms with Crippen molar-refractivity contribution in [3.8, 4) is 0 Å². The molecule has 1 aliphatic rings. The zero-order chi connectivity index (χ0) is 16.2. The standard InChI is InChI=1S/C18H16N2OS2/c1-13-7-9-14(10-8-13)11-16-17(21)20(18(22)23-16)19-12-15-5-3-2-4-6-15/h2-11,19H,12H2,1H3/b16-11+. The van der Waals surface area contributed by atoms with Gasteiger partial charge >= 0.3 is 0 Å². The molecule has 1 saturated heterocycles. The normalized spacial score (nSPS) is 16.4. The van der Waals surface area contributed by atoms with Crippen LogP contribution >= 0.6 is 24.0 Å². The van der Waals surface area contributed by atoms with E-state index >= 15 is 0 Å². The van der Waals surface area contributed by atoms with Crippen LogP contribution in [0.15, 0.2) is 59.5 Å². The van der Waals surface area contributed by atoms with Crippen LogP contribution < -0.4 is 5.43 Å². The Balaban J connectivity index is 1.71. The minimum Gasteiger partial charge on any atom is -0.267 e. The fraction of sp³-hybridized carbons (Fsp3) is 0.111. The Kier molecular flexibility index (Phi) is 4.91. The highest BCUT2D eigenvalue weighted by atomic mass is 32.2. The first-order chi connectivity index (χ1) is 11.1. The molecule has 1 heterocycles. The average Bonchev–Trinajstić information content (AvgIpc) is 2.82. The number of carbonyl (C=O) groups excluding carboxylic acids is 1. The Bertz CT molecular complexity index is 754. The van der Waals surface area contributed by atoms with E-state index in [-0.39, 0.29) is 5.91 Å². The number of aryl methyl sites for hydroxylation is 1. The number of rotatable bonds is 4. The van der Waals surface area contributed by atoms with Crippen molar-refractivity contribution in [3.05, 3.63) is 76.2 Å². The number of nitrogens with one attached hydrogen (secondary N) is 1. The van der Waals surface area contributed by atoms with Crippen molar-refractivity contribution in [2.75, 3.05) is 0 Å². The van der Waals surface area contributed by atoms with Gasteiger partial charge < -0.3 is 0 Å². The largest absolute Gasteiger partial charge is 0.280 e. The maximum atomic E-state index is 12.5. The maximum Gasteiger partial charge on any atom is 0.280 e. The number of benzene rings is 2. The predicted octanol–water partition coefficient (Wildman–Crippen LogP) is 3.90. The molecule has 0 atom stereocenters. The highest BCUT2D eigenvalue weighted by Crippen LogP contribution is 2.31. The number of nitrogens with zero attached hydrogens (tertiary/aromatic N) is 1. The van der Waals surface area contributed by atoms with E-state index in [1.165, 1.54) is 22.3 Å². The van der Waals surface area contributed by atoms with Gasteiger partial charge in [-0.1, -0.05) is 84.1 Å². The summed E-state index contributed by atoms with van der Waals surface area (Å²) in [4.78, 5) is 13.1. The summed E-state index contributed by atoms with van der Waals surface area (Å²) in [7, 11) is 0. The zero-order valence-electron chi connectivity index (χ0n) is 12.7. The van der Waals surface area contributed by atoms with Gasteiger partial charge in [-0.25, -0.2) is 10.4 Å². The van der Waals surface area contributed by atoms with Crippen LogP contribution in [0, 0.1) is 6.92 Å². The Labute approximate surface area is 145 Å². The van der Waals surface area contributed by atoms with Gasteiger partial charge in [-0.2, -0.15) is 0 Å². The van der Waals surface area contributed by atoms with E-state index in [0.29, 0.717) is 15.8 Å². The smallest absolute Gasteiger partial charge is 0.267 e. The minimum absolute atomic E-state index is 0.100. The molecule has 1 fully saturated rings. The second-order valence-electron chi connectivity index (χ2n) is 5.25. The Hall–Kier alpha value is -1.95. The van der Waals surface area contributed by atoms with Crippen LogP contribution in [0.3, 0.4) is 0 Å². The fourth-order valence-electron chi connectivity index (χ4n) is 2.18. The molecule has 2 aromatic carbocycles.